The number of nitrogens with zero attached hydrogens (tertiary/aromatic N) is 3. The first-order valence-corrected chi connectivity index (χ1v) is 5.20. The highest BCUT2D eigenvalue weighted by Gasteiger charge is 2.14. The molecule has 16 heavy (non-hydrogen) atoms. The van der Waals surface area contributed by atoms with Crippen LogP contribution in [0.15, 0.2) is 18.2 Å². The fourth-order valence-corrected chi connectivity index (χ4v) is 2.04. The molecule has 1 heterocycles. The fourth-order valence-electron chi connectivity index (χ4n) is 1.66. The number of hydrogen-bond donors (Lipinski definition) is 0. The summed E-state index contributed by atoms with van der Waals surface area (Å²) < 4.78 is 1.83. The molecule has 0 amide bonds. The SMILES string of the molecule is CC(C)n1c(Cl)nc2cc([N+](=O)[O-])ccc21. The van der Waals surface area contributed by atoms with Gasteiger partial charge in [0, 0.05) is 18.2 Å². The summed E-state index contributed by atoms with van der Waals surface area (Å²) in [7, 11) is 0. The molecule has 2 aromatic rings. The van der Waals surface area contributed by atoms with Crippen LogP contribution in [0.5, 0.6) is 0 Å². The molecular formula is C10H10ClN3O2. The Morgan fingerprint density at radius 2 is 2.19 bits per heavy atom. The van der Waals surface area contributed by atoms with Crippen LogP contribution in [0.3, 0.4) is 0 Å². The summed E-state index contributed by atoms with van der Waals surface area (Å²) >= 11 is 5.98. The minimum absolute atomic E-state index is 0.0255. The highest BCUT2D eigenvalue weighted by Crippen LogP contribution is 2.26. The van der Waals surface area contributed by atoms with Crippen LogP contribution in [0, 0.1) is 10.1 Å². The lowest BCUT2D eigenvalue weighted by atomic mass is 10.2. The first-order chi connectivity index (χ1) is 7.50. The van der Waals surface area contributed by atoms with Crippen molar-refractivity contribution in [2.75, 3.05) is 0 Å². The van der Waals surface area contributed by atoms with Gasteiger partial charge in [-0.2, -0.15) is 0 Å². The Labute approximate surface area is 96.8 Å². The minimum atomic E-state index is -0.443. The Hall–Kier alpha value is -1.62. The van der Waals surface area contributed by atoms with E-state index < -0.39 is 4.92 Å². The van der Waals surface area contributed by atoms with Crippen LogP contribution in [0.1, 0.15) is 19.9 Å². The molecule has 0 radical (unpaired) electrons. The van der Waals surface area contributed by atoms with Gasteiger partial charge in [-0.05, 0) is 31.5 Å². The maximum atomic E-state index is 10.6. The van der Waals surface area contributed by atoms with Gasteiger partial charge in [-0.15, -0.1) is 0 Å². The standard InChI is InChI=1S/C10H10ClN3O2/c1-6(2)13-9-4-3-7(14(15)16)5-8(9)12-10(13)11/h3-6H,1-2H3. The monoisotopic (exact) mass is 239 g/mol. The molecule has 2 rings (SSSR count). The normalized spacial score (nSPS) is 11.2. The molecule has 6 heteroatoms. The predicted molar refractivity (Wildman–Crippen MR) is 61.8 cm³/mol. The summed E-state index contributed by atoms with van der Waals surface area (Å²) in [4.78, 5) is 14.3. The van der Waals surface area contributed by atoms with Gasteiger partial charge >= 0.3 is 0 Å². The van der Waals surface area contributed by atoms with Crippen LogP contribution in [-0.4, -0.2) is 14.5 Å². The molecule has 0 fully saturated rings. The molecule has 0 saturated carbocycles. The minimum Gasteiger partial charge on any atom is -0.312 e. The van der Waals surface area contributed by atoms with Crippen LogP contribution >= 0.6 is 11.6 Å². The van der Waals surface area contributed by atoms with Crippen LogP contribution in [0.2, 0.25) is 5.28 Å². The van der Waals surface area contributed by atoms with Crippen molar-refractivity contribution >= 4 is 28.3 Å². The first-order valence-electron chi connectivity index (χ1n) is 4.82. The zero-order valence-corrected chi connectivity index (χ0v) is 9.60. The molecule has 0 aliphatic heterocycles. The number of nitro groups is 1. The third kappa shape index (κ3) is 1.63. The van der Waals surface area contributed by atoms with Crippen molar-refractivity contribution in [3.63, 3.8) is 0 Å². The summed E-state index contributed by atoms with van der Waals surface area (Å²) in [5.41, 5.74) is 1.39. The van der Waals surface area contributed by atoms with Gasteiger partial charge in [-0.3, -0.25) is 10.1 Å². The lowest BCUT2D eigenvalue weighted by molar-refractivity contribution is -0.384. The highest BCUT2D eigenvalue weighted by molar-refractivity contribution is 6.29. The number of rotatable bonds is 2. The quantitative estimate of drug-likeness (QED) is 0.597. The Balaban J connectivity index is 2.70. The van der Waals surface area contributed by atoms with Gasteiger partial charge < -0.3 is 4.57 Å². The van der Waals surface area contributed by atoms with Gasteiger partial charge in [0.2, 0.25) is 5.28 Å². The number of halogens is 1. The van der Waals surface area contributed by atoms with Crippen molar-refractivity contribution in [1.29, 1.82) is 0 Å². The van der Waals surface area contributed by atoms with Crippen LogP contribution in [0.4, 0.5) is 5.69 Å². The number of aromatic nitrogens is 2. The average Bonchev–Trinajstić information content (AvgIpc) is 2.51. The largest absolute Gasteiger partial charge is 0.312 e. The molecule has 0 saturated heterocycles. The molecule has 1 aromatic heterocycles. The maximum absolute atomic E-state index is 10.6. The van der Waals surface area contributed by atoms with Gasteiger partial charge in [-0.1, -0.05) is 0 Å². The molecule has 0 spiro atoms. The Morgan fingerprint density at radius 1 is 1.50 bits per heavy atom. The van der Waals surface area contributed by atoms with E-state index in [1.54, 1.807) is 6.07 Å². The second kappa shape index (κ2) is 3.75. The van der Waals surface area contributed by atoms with Crippen molar-refractivity contribution in [2.24, 2.45) is 0 Å². The van der Waals surface area contributed by atoms with Gasteiger partial charge in [-0.25, -0.2) is 4.98 Å². The fraction of sp³-hybridized carbons (Fsp3) is 0.300. The van der Waals surface area contributed by atoms with Crippen molar-refractivity contribution in [1.82, 2.24) is 9.55 Å². The Morgan fingerprint density at radius 3 is 2.75 bits per heavy atom. The molecule has 84 valence electrons. The van der Waals surface area contributed by atoms with Crippen molar-refractivity contribution in [2.45, 2.75) is 19.9 Å². The molecule has 0 unspecified atom stereocenters. The van der Waals surface area contributed by atoms with Crippen LogP contribution in [-0.2, 0) is 0 Å². The van der Waals surface area contributed by atoms with E-state index in [1.165, 1.54) is 12.1 Å². The summed E-state index contributed by atoms with van der Waals surface area (Å²) in [6.45, 7) is 3.96. The van der Waals surface area contributed by atoms with E-state index in [0.29, 0.717) is 10.8 Å². The lowest BCUT2D eigenvalue weighted by Crippen LogP contribution is -2.00. The van der Waals surface area contributed by atoms with E-state index in [1.807, 2.05) is 18.4 Å². The predicted octanol–water partition coefficient (Wildman–Crippen LogP) is 3.18. The van der Waals surface area contributed by atoms with Crippen molar-refractivity contribution in [3.05, 3.63) is 33.6 Å². The van der Waals surface area contributed by atoms with E-state index in [4.69, 9.17) is 11.6 Å². The van der Waals surface area contributed by atoms with E-state index in [-0.39, 0.29) is 11.7 Å². The average molecular weight is 240 g/mol. The van der Waals surface area contributed by atoms with E-state index in [0.717, 1.165) is 5.52 Å². The maximum Gasteiger partial charge on any atom is 0.271 e. The number of fused-ring (bicyclic) bond motifs is 1. The van der Waals surface area contributed by atoms with Gasteiger partial charge in [0.15, 0.2) is 0 Å². The van der Waals surface area contributed by atoms with Crippen LogP contribution in [0.25, 0.3) is 11.0 Å². The van der Waals surface area contributed by atoms with E-state index >= 15 is 0 Å². The third-order valence-corrected chi connectivity index (χ3v) is 2.62. The molecule has 5 nitrogen and oxygen atoms in total. The van der Waals surface area contributed by atoms with Crippen molar-refractivity contribution < 1.29 is 4.92 Å². The van der Waals surface area contributed by atoms with Gasteiger partial charge in [0.25, 0.3) is 5.69 Å². The van der Waals surface area contributed by atoms with Gasteiger partial charge in [0.05, 0.1) is 16.0 Å². The smallest absolute Gasteiger partial charge is 0.271 e. The number of hydrogen-bond acceptors (Lipinski definition) is 3. The number of imidazole rings is 1. The van der Waals surface area contributed by atoms with Gasteiger partial charge in [0.1, 0.15) is 0 Å². The molecular weight excluding hydrogens is 230 g/mol. The third-order valence-electron chi connectivity index (χ3n) is 2.36. The van der Waals surface area contributed by atoms with E-state index in [9.17, 15) is 10.1 Å². The Bertz CT molecular complexity index is 562. The summed E-state index contributed by atoms with van der Waals surface area (Å²) in [5, 5.41) is 11.0. The summed E-state index contributed by atoms with van der Waals surface area (Å²) in [6, 6.07) is 4.73. The number of nitro benzene ring substituents is 1. The molecule has 0 N–H and O–H groups in total. The molecule has 0 bridgehead atoms. The highest BCUT2D eigenvalue weighted by atomic mass is 35.5. The van der Waals surface area contributed by atoms with Crippen molar-refractivity contribution in [3.8, 4) is 0 Å². The Kier molecular flexibility index (Phi) is 2.55. The summed E-state index contributed by atoms with van der Waals surface area (Å²) in [6.07, 6.45) is 0. The zero-order chi connectivity index (χ0) is 11.9. The molecule has 0 aliphatic carbocycles. The molecule has 0 aliphatic rings. The molecule has 1 aromatic carbocycles. The molecule has 0 atom stereocenters. The number of non-ortho nitro benzene ring substituents is 1. The summed E-state index contributed by atoms with van der Waals surface area (Å²) in [5.74, 6) is 0. The zero-order valence-electron chi connectivity index (χ0n) is 8.85. The van der Waals surface area contributed by atoms with Crippen LogP contribution < -0.4 is 0 Å². The van der Waals surface area contributed by atoms with E-state index in [2.05, 4.69) is 4.98 Å². The second-order valence-electron chi connectivity index (χ2n) is 3.77. The number of benzene rings is 1. The topological polar surface area (TPSA) is 61.0 Å². The second-order valence-corrected chi connectivity index (χ2v) is 4.11. The lowest BCUT2D eigenvalue weighted by Gasteiger charge is -2.08. The first kappa shape index (κ1) is 10.9.